The summed E-state index contributed by atoms with van der Waals surface area (Å²) in [7, 11) is 0. The van der Waals surface area contributed by atoms with E-state index < -0.39 is 111 Å². The molecular weight excluding hydrogens is 2110 g/mol. The Morgan fingerprint density at radius 3 is 0.957 bits per heavy atom. The smallest absolute Gasteiger partial charge is 0.364 e. The molecule has 5 heterocycles. The number of hydrogen-bond acceptors (Lipinski definition) is 24. The van der Waals surface area contributed by atoms with Gasteiger partial charge in [-0.15, -0.1) is 19.7 Å². The minimum atomic E-state index is -2.39. The van der Waals surface area contributed by atoms with Crippen molar-refractivity contribution in [2.75, 3.05) is 0 Å². The molecule has 0 spiro atoms. The number of hydrogen-bond donors (Lipinski definition) is 7. The number of rotatable bonds is 24. The molecule has 7 N–H and O–H groups in total. The van der Waals surface area contributed by atoms with Crippen LogP contribution in [0.5, 0.6) is 40.2 Å². The highest BCUT2D eigenvalue weighted by Crippen LogP contribution is 2.59. The van der Waals surface area contributed by atoms with E-state index in [0.29, 0.717) is 137 Å². The molecule has 0 bridgehead atoms. The number of aryl methyl sites for hydroxylation is 2. The van der Waals surface area contributed by atoms with E-state index in [4.69, 9.17) is 91.2 Å². The summed E-state index contributed by atoms with van der Waals surface area (Å²) in [5, 5.41) is 132. The number of aliphatic hydroxyl groups is 7. The summed E-state index contributed by atoms with van der Waals surface area (Å²) in [6.45, 7) is 15.2. The standard InChI is InChI=1S/C26H23ClINO6.C25H21ClINO5.C19H18ClNO5.2C16H14ClNO4/c1-2-6-18-11-17(14-30)12-20-23(18)35-25(26(27,24(20)31)29(32)33)19-9-10-22(21(28)13-19)34-15-16-7-4-3-5-8-16;1-2-7-17-10-6-11-19-22(17)33-24(25(26,23(19)29)28(30)31)18-12-13-21(20(27)14-18)32-15-16-8-4-3-5-9-16;1-2-6-14-9-12(11-22)10-15-16(14)26-18(13-7-4-3-5-8-13)19(20,17(15)23)21(24)25;2*1-10-6-8-11(9-7-10)15-16(17,18(20)21)14(19)12-4-2-3-5-13(12)22-15/h2-5,7-13,24-25,30-31H,1,6,14-15H2;2-6,8-14,23-24,29H,1,7,15H2;2-5,7-10,17-18,22-23H,1,6,11H2;2*2-9,14-15,19H,1H3/t24-,25-,26+;23-,24-,25+;17-,18-,19+;2*14-,15-,16+/m00000/s1. The van der Waals surface area contributed by atoms with Crippen LogP contribution < -0.4 is 33.2 Å². The number of aliphatic hydroxyl groups excluding tert-OH is 7. The van der Waals surface area contributed by atoms with Crippen molar-refractivity contribution in [2.24, 2.45) is 0 Å². The maximum absolute atomic E-state index is 12.2. The van der Waals surface area contributed by atoms with Gasteiger partial charge in [0.25, 0.3) is 0 Å². The minimum absolute atomic E-state index is 0.161. The second-order valence-electron chi connectivity index (χ2n) is 32.6. The summed E-state index contributed by atoms with van der Waals surface area (Å²) in [6.07, 6.45) is -7.40. The molecule has 0 unspecified atom stereocenters. The number of alkyl halides is 5. The van der Waals surface area contributed by atoms with Crippen molar-refractivity contribution >= 4 is 103 Å². The number of nitro groups is 5. The van der Waals surface area contributed by atoms with E-state index in [1.807, 2.05) is 105 Å². The third kappa shape index (κ3) is 21.0. The Morgan fingerprint density at radius 2 is 0.616 bits per heavy atom. The van der Waals surface area contributed by atoms with E-state index in [0.717, 1.165) is 31.4 Å². The van der Waals surface area contributed by atoms with Gasteiger partial charge in [-0.3, -0.25) is 50.6 Å². The summed E-state index contributed by atoms with van der Waals surface area (Å²) in [5.41, 5.74) is 10.9. The third-order valence-corrected chi connectivity index (χ3v) is 28.0. The molecule has 0 aromatic heterocycles. The van der Waals surface area contributed by atoms with Gasteiger partial charge in [-0.05, 0) is 236 Å². The lowest BCUT2D eigenvalue weighted by atomic mass is 9.87. The van der Waals surface area contributed by atoms with Crippen molar-refractivity contribution in [1.82, 2.24) is 0 Å². The van der Waals surface area contributed by atoms with Crippen LogP contribution in [0.25, 0.3) is 0 Å². The predicted molar refractivity (Wildman–Crippen MR) is 534 cm³/mol. The fraction of sp³-hybridized carbons (Fsp3) is 0.235. The van der Waals surface area contributed by atoms with Gasteiger partial charge in [0.05, 0.1) is 45.0 Å². The van der Waals surface area contributed by atoms with E-state index in [1.165, 1.54) is 12.1 Å². The van der Waals surface area contributed by atoms with Crippen LogP contribution in [0.15, 0.2) is 305 Å². The molecule has 138 heavy (non-hydrogen) atoms. The lowest BCUT2D eigenvalue weighted by molar-refractivity contribution is -0.570. The fourth-order valence-electron chi connectivity index (χ4n) is 16.5. The van der Waals surface area contributed by atoms with Crippen LogP contribution in [0.3, 0.4) is 0 Å². The largest absolute Gasteiger partial charge is 0.488 e. The van der Waals surface area contributed by atoms with Gasteiger partial charge in [0.1, 0.15) is 53.5 Å². The monoisotopic (exact) mass is 2200 g/mol. The minimum Gasteiger partial charge on any atom is -0.488 e. The molecule has 17 rings (SSSR count). The van der Waals surface area contributed by atoms with E-state index >= 15 is 0 Å². The molecule has 12 aromatic carbocycles. The third-order valence-electron chi connectivity index (χ3n) is 23.6. The summed E-state index contributed by atoms with van der Waals surface area (Å²) in [6, 6.07) is 77.3. The van der Waals surface area contributed by atoms with Gasteiger partial charge < -0.3 is 68.9 Å². The van der Waals surface area contributed by atoms with Crippen molar-refractivity contribution in [2.45, 2.75) is 146 Å². The van der Waals surface area contributed by atoms with Gasteiger partial charge >= 0.3 is 25.0 Å². The van der Waals surface area contributed by atoms with Crippen LogP contribution in [0, 0.1) is 71.6 Å². The van der Waals surface area contributed by atoms with Gasteiger partial charge in [0, 0.05) is 55.6 Å². The molecule has 29 nitrogen and oxygen atoms in total. The Labute approximate surface area is 844 Å². The first-order chi connectivity index (χ1) is 66.0. The molecule has 5 aliphatic heterocycles. The molecule has 12 aromatic rings. The van der Waals surface area contributed by atoms with E-state index in [9.17, 15) is 86.3 Å². The Morgan fingerprint density at radius 1 is 0.333 bits per heavy atom. The maximum Gasteiger partial charge on any atom is 0.364 e. The van der Waals surface area contributed by atoms with Crippen molar-refractivity contribution in [3.05, 3.63) is 468 Å². The SMILES string of the molecule is C=CCc1cc(CO)cc2c1O[C@@H](c1ccc(OCc3ccccc3)c(I)c1)[C@](Cl)([N+](=O)[O-])[C@H]2O.C=CCc1cc(CO)cc2c1O[C@@H](c1ccccc1)[C@](Cl)([N+](=O)[O-])[C@H]2O.C=CCc1cccc2c1O[C@@H](c1ccc(OCc3ccccc3)c(I)c1)[C@](Cl)([N+](=O)[O-])[C@H]2O.Cc1ccc([C@@H]2Oc3ccccc3[C@H](O)[C@@]2(Cl)[N+](=O)[O-])cc1.Cc1ccc([C@@H]2Oc3ccccc3[C@H](O)[C@@]2(Cl)[N+](=O)[O-])cc1. The number of fused-ring (bicyclic) bond motifs is 5. The van der Waals surface area contributed by atoms with E-state index in [1.54, 1.807) is 182 Å². The number of ether oxygens (including phenoxy) is 7. The molecule has 15 atom stereocenters. The Kier molecular flexibility index (Phi) is 33.4. The zero-order chi connectivity index (χ0) is 99.5. The maximum atomic E-state index is 12.2. The van der Waals surface area contributed by atoms with Crippen LogP contribution >= 0.6 is 103 Å². The molecular formula is C102H90Cl5I2N5O24. The summed E-state index contributed by atoms with van der Waals surface area (Å²) >= 11 is 36.1. The average molecular weight is 2200 g/mol. The number of nitrogens with zero attached hydrogens (tertiary/aromatic N) is 5. The zero-order valence-electron chi connectivity index (χ0n) is 73.4. The number of para-hydroxylation sites is 3. The van der Waals surface area contributed by atoms with Crippen molar-refractivity contribution in [3.63, 3.8) is 0 Å². The molecule has 0 amide bonds. The first kappa shape index (κ1) is 103. The zero-order valence-corrected chi connectivity index (χ0v) is 81.5. The van der Waals surface area contributed by atoms with E-state index in [2.05, 4.69) is 64.9 Å². The van der Waals surface area contributed by atoms with Crippen molar-refractivity contribution in [1.29, 1.82) is 0 Å². The lowest BCUT2D eigenvalue weighted by Gasteiger charge is -2.38. The van der Waals surface area contributed by atoms with Crippen LogP contribution in [0.2, 0.25) is 0 Å². The molecule has 716 valence electrons. The first-order valence-electron chi connectivity index (χ1n) is 42.6. The van der Waals surface area contributed by atoms with Crippen molar-refractivity contribution < 1.29 is 93.5 Å². The molecule has 0 aliphatic carbocycles. The predicted octanol–water partition coefficient (Wildman–Crippen LogP) is 21.5. The second kappa shape index (κ2) is 44.5. The van der Waals surface area contributed by atoms with Crippen LogP contribution in [-0.2, 0) is 45.7 Å². The Balaban J connectivity index is 0.000000147. The van der Waals surface area contributed by atoms with Crippen LogP contribution in [0.4, 0.5) is 0 Å². The van der Waals surface area contributed by atoms with Crippen LogP contribution in [0.1, 0.15) is 167 Å². The van der Waals surface area contributed by atoms with Crippen molar-refractivity contribution in [3.8, 4) is 40.2 Å². The molecule has 0 saturated carbocycles. The molecule has 0 radical (unpaired) electrons. The van der Waals surface area contributed by atoms with Gasteiger partial charge in [0.15, 0.2) is 30.5 Å². The number of benzene rings is 12. The van der Waals surface area contributed by atoms with E-state index in [-0.39, 0.29) is 29.9 Å². The normalized spacial score (nSPS) is 23.7. The topological polar surface area (TPSA) is 422 Å². The van der Waals surface area contributed by atoms with Crippen LogP contribution in [-0.4, -0.2) is 85.4 Å². The average Bonchev–Trinajstić information content (AvgIpc) is 0.718. The highest BCUT2D eigenvalue weighted by Gasteiger charge is 2.67. The molecule has 5 aliphatic rings. The highest BCUT2D eigenvalue weighted by molar-refractivity contribution is 14.1. The summed E-state index contributed by atoms with van der Waals surface area (Å²) in [4.78, 5) is 44.4. The van der Waals surface area contributed by atoms with Gasteiger partial charge in [-0.2, -0.15) is 0 Å². The van der Waals surface area contributed by atoms with Gasteiger partial charge in [0.2, 0.25) is 30.5 Å². The summed E-state index contributed by atoms with van der Waals surface area (Å²) in [5.74, 6) is 3.08. The second-order valence-corrected chi connectivity index (χ2v) is 38.0. The molecule has 36 heteroatoms. The molecule has 0 saturated heterocycles. The highest BCUT2D eigenvalue weighted by atomic mass is 127. The number of halogens is 7. The first-order valence-corrected chi connectivity index (χ1v) is 46.7. The lowest BCUT2D eigenvalue weighted by Crippen LogP contribution is -2.49. The quantitative estimate of drug-likeness (QED) is 0.00737. The fourth-order valence-corrected chi connectivity index (χ4v) is 19.3. The van der Waals surface area contributed by atoms with Gasteiger partial charge in [-0.25, -0.2) is 0 Å². The Bertz CT molecular complexity index is 6370. The molecule has 0 fully saturated rings. The summed E-state index contributed by atoms with van der Waals surface area (Å²) < 4.78 is 43.1. The van der Waals surface area contributed by atoms with Gasteiger partial charge in [-0.1, -0.05) is 236 Å². The Hall–Kier alpha value is -11.9. The number of allylic oxidation sites excluding steroid dienone is 3.